The van der Waals surface area contributed by atoms with Crippen molar-refractivity contribution in [2.45, 2.75) is 11.8 Å². The molecule has 2 heterocycles. The summed E-state index contributed by atoms with van der Waals surface area (Å²) in [5.41, 5.74) is 0.339. The van der Waals surface area contributed by atoms with E-state index in [1.165, 1.54) is 10.4 Å². The van der Waals surface area contributed by atoms with Gasteiger partial charge >= 0.3 is 0 Å². The van der Waals surface area contributed by atoms with Gasteiger partial charge in [-0.05, 0) is 37.3 Å². The van der Waals surface area contributed by atoms with Crippen LogP contribution in [0.15, 0.2) is 41.4 Å². The molecule has 0 bridgehead atoms. The lowest BCUT2D eigenvalue weighted by molar-refractivity contribution is 0.0692. The molecular formula is C18H19ClFN3O4S. The van der Waals surface area contributed by atoms with E-state index in [4.69, 9.17) is 16.3 Å². The van der Waals surface area contributed by atoms with Crippen LogP contribution in [0.25, 0.3) is 0 Å². The van der Waals surface area contributed by atoms with Gasteiger partial charge in [-0.1, -0.05) is 11.6 Å². The number of hydrogen-bond donors (Lipinski definition) is 0. The molecule has 2 aromatic rings. The number of hydrogen-bond acceptors (Lipinski definition) is 5. The van der Waals surface area contributed by atoms with Crippen LogP contribution < -0.4 is 4.74 Å². The van der Waals surface area contributed by atoms with Gasteiger partial charge in [0, 0.05) is 32.4 Å². The van der Waals surface area contributed by atoms with Crippen LogP contribution in [0.1, 0.15) is 17.3 Å². The highest BCUT2D eigenvalue weighted by Crippen LogP contribution is 2.24. The highest BCUT2D eigenvalue weighted by atomic mass is 35.5. The summed E-state index contributed by atoms with van der Waals surface area (Å²) < 4.78 is 45.5. The summed E-state index contributed by atoms with van der Waals surface area (Å²) in [5, 5.41) is -0.255. The fourth-order valence-electron chi connectivity index (χ4n) is 2.89. The van der Waals surface area contributed by atoms with Crippen LogP contribution in [0.2, 0.25) is 5.02 Å². The van der Waals surface area contributed by atoms with Gasteiger partial charge in [0.1, 0.15) is 11.4 Å². The van der Waals surface area contributed by atoms with Crippen LogP contribution in [0.3, 0.4) is 0 Å². The van der Waals surface area contributed by atoms with E-state index in [0.29, 0.717) is 12.2 Å². The largest absolute Gasteiger partial charge is 0.477 e. The minimum Gasteiger partial charge on any atom is -0.477 e. The molecule has 1 aromatic heterocycles. The van der Waals surface area contributed by atoms with E-state index in [1.807, 2.05) is 0 Å². The summed E-state index contributed by atoms with van der Waals surface area (Å²) in [6, 6.07) is 6.57. The lowest BCUT2D eigenvalue weighted by atomic mass is 10.2. The first kappa shape index (κ1) is 20.5. The zero-order chi connectivity index (χ0) is 20.3. The number of benzene rings is 1. The first-order chi connectivity index (χ1) is 13.3. The lowest BCUT2D eigenvalue weighted by Crippen LogP contribution is -2.50. The van der Waals surface area contributed by atoms with E-state index in [2.05, 4.69) is 4.98 Å². The Balaban J connectivity index is 1.72. The number of nitrogens with zero attached hydrogens (tertiary/aromatic N) is 3. The fraction of sp³-hybridized carbons (Fsp3) is 0.333. The van der Waals surface area contributed by atoms with Crippen molar-refractivity contribution in [3.63, 3.8) is 0 Å². The van der Waals surface area contributed by atoms with E-state index in [-0.39, 0.29) is 47.9 Å². The van der Waals surface area contributed by atoms with E-state index < -0.39 is 15.8 Å². The fourth-order valence-corrected chi connectivity index (χ4v) is 4.59. The van der Waals surface area contributed by atoms with Crippen molar-refractivity contribution < 1.29 is 22.3 Å². The van der Waals surface area contributed by atoms with E-state index in [0.717, 1.165) is 12.1 Å². The lowest BCUT2D eigenvalue weighted by Gasteiger charge is -2.34. The number of piperazine rings is 1. The van der Waals surface area contributed by atoms with E-state index in [9.17, 15) is 17.6 Å². The molecule has 1 fully saturated rings. The number of ether oxygens (including phenoxy) is 1. The quantitative estimate of drug-likeness (QED) is 0.732. The third-order valence-electron chi connectivity index (χ3n) is 4.34. The smallest absolute Gasteiger partial charge is 0.259 e. The maximum absolute atomic E-state index is 13.3. The number of pyridine rings is 1. The predicted molar refractivity (Wildman–Crippen MR) is 101 cm³/mol. The maximum Gasteiger partial charge on any atom is 0.259 e. The Morgan fingerprint density at radius 3 is 2.61 bits per heavy atom. The highest BCUT2D eigenvalue weighted by Gasteiger charge is 2.31. The summed E-state index contributed by atoms with van der Waals surface area (Å²) in [6.07, 6.45) is 1.54. The third-order valence-corrected chi connectivity index (χ3v) is 6.52. The summed E-state index contributed by atoms with van der Waals surface area (Å²) >= 11 is 5.70. The molecule has 7 nitrogen and oxygen atoms in total. The van der Waals surface area contributed by atoms with Crippen molar-refractivity contribution >= 4 is 27.5 Å². The molecule has 3 rings (SSSR count). The number of carbonyl (C=O) groups excluding carboxylic acids is 1. The molecule has 0 aliphatic carbocycles. The second-order valence-electron chi connectivity index (χ2n) is 6.06. The molecular weight excluding hydrogens is 409 g/mol. The molecule has 10 heteroatoms. The molecule has 0 saturated carbocycles. The number of carbonyl (C=O) groups is 1. The van der Waals surface area contributed by atoms with E-state index in [1.54, 1.807) is 30.2 Å². The van der Waals surface area contributed by atoms with Gasteiger partial charge in [0.15, 0.2) is 0 Å². The standard InChI is InChI=1S/C18H19ClFN3O4S/c1-2-27-17-14(4-3-7-21-17)18(24)22-8-10-23(11-9-22)28(25,26)13-5-6-16(20)15(19)12-13/h3-7,12H,2,8-11H2,1H3. The molecule has 0 N–H and O–H groups in total. The van der Waals surface area contributed by atoms with Crippen molar-refractivity contribution in [2.75, 3.05) is 32.8 Å². The van der Waals surface area contributed by atoms with E-state index >= 15 is 0 Å². The van der Waals surface area contributed by atoms with Crippen LogP contribution in [0.5, 0.6) is 5.88 Å². The molecule has 150 valence electrons. The maximum atomic E-state index is 13.3. The van der Waals surface area contributed by atoms with Crippen LogP contribution >= 0.6 is 11.6 Å². The first-order valence-electron chi connectivity index (χ1n) is 8.67. The van der Waals surface area contributed by atoms with Gasteiger partial charge in [-0.25, -0.2) is 17.8 Å². The molecule has 0 radical (unpaired) electrons. The van der Waals surface area contributed by atoms with Crippen LogP contribution in [0, 0.1) is 5.82 Å². The average molecular weight is 428 g/mol. The van der Waals surface area contributed by atoms with Gasteiger partial charge in [0.25, 0.3) is 5.91 Å². The number of amides is 1. The molecule has 0 atom stereocenters. The predicted octanol–water partition coefficient (Wildman–Crippen LogP) is 2.42. The molecule has 1 aliphatic rings. The van der Waals surface area contributed by atoms with Gasteiger partial charge in [0.2, 0.25) is 15.9 Å². The van der Waals surface area contributed by atoms with Crippen LogP contribution in [-0.2, 0) is 10.0 Å². The Bertz CT molecular complexity index is 979. The molecule has 0 spiro atoms. The van der Waals surface area contributed by atoms with Crippen LogP contribution in [0.4, 0.5) is 4.39 Å². The minimum absolute atomic E-state index is 0.0791. The van der Waals surface area contributed by atoms with Crippen LogP contribution in [-0.4, -0.2) is 61.3 Å². The normalized spacial score (nSPS) is 15.5. The Hall–Kier alpha value is -2.23. The Morgan fingerprint density at radius 1 is 1.25 bits per heavy atom. The van der Waals surface area contributed by atoms with Gasteiger partial charge in [-0.3, -0.25) is 4.79 Å². The van der Waals surface area contributed by atoms with Gasteiger partial charge in [0.05, 0.1) is 16.5 Å². The first-order valence-corrected chi connectivity index (χ1v) is 10.5. The Kier molecular flexibility index (Phi) is 6.17. The molecule has 28 heavy (non-hydrogen) atoms. The van der Waals surface area contributed by atoms with Crippen molar-refractivity contribution in [1.82, 2.24) is 14.2 Å². The third kappa shape index (κ3) is 4.11. The SMILES string of the molecule is CCOc1ncccc1C(=O)N1CCN(S(=O)(=O)c2ccc(F)c(Cl)c2)CC1. The zero-order valence-corrected chi connectivity index (χ0v) is 16.7. The van der Waals surface area contributed by atoms with Gasteiger partial charge in [-0.15, -0.1) is 0 Å². The zero-order valence-electron chi connectivity index (χ0n) is 15.1. The Labute approximate surface area is 167 Å². The molecule has 1 saturated heterocycles. The molecule has 1 amide bonds. The Morgan fingerprint density at radius 2 is 1.96 bits per heavy atom. The molecule has 0 unspecified atom stereocenters. The van der Waals surface area contributed by atoms with Gasteiger partial charge < -0.3 is 9.64 Å². The number of aromatic nitrogens is 1. The summed E-state index contributed by atoms with van der Waals surface area (Å²) in [7, 11) is -3.82. The number of sulfonamides is 1. The van der Waals surface area contributed by atoms with Crippen molar-refractivity contribution in [1.29, 1.82) is 0 Å². The van der Waals surface area contributed by atoms with Gasteiger partial charge in [-0.2, -0.15) is 4.31 Å². The monoisotopic (exact) mass is 427 g/mol. The summed E-state index contributed by atoms with van der Waals surface area (Å²) in [4.78, 5) is 18.3. The topological polar surface area (TPSA) is 79.8 Å². The van der Waals surface area contributed by atoms with Crippen molar-refractivity contribution in [3.8, 4) is 5.88 Å². The number of halogens is 2. The highest BCUT2D eigenvalue weighted by molar-refractivity contribution is 7.89. The molecule has 1 aromatic carbocycles. The summed E-state index contributed by atoms with van der Waals surface area (Å²) in [6.45, 7) is 2.85. The number of rotatable bonds is 5. The second kappa shape index (κ2) is 8.42. The molecule has 1 aliphatic heterocycles. The van der Waals surface area contributed by atoms with Crippen molar-refractivity contribution in [3.05, 3.63) is 52.9 Å². The second-order valence-corrected chi connectivity index (χ2v) is 8.41. The minimum atomic E-state index is -3.82. The average Bonchev–Trinajstić information content (AvgIpc) is 2.70. The van der Waals surface area contributed by atoms with Crippen molar-refractivity contribution in [2.24, 2.45) is 0 Å². The summed E-state index contributed by atoms with van der Waals surface area (Å²) in [5.74, 6) is -0.693.